The Morgan fingerprint density at radius 2 is 1.77 bits per heavy atom. The molecule has 6 rings (SSSR count). The van der Waals surface area contributed by atoms with Crippen molar-refractivity contribution in [1.82, 2.24) is 10.2 Å². The first-order valence-corrected chi connectivity index (χ1v) is 15.8. The lowest BCUT2D eigenvalue weighted by atomic mass is 9.66. The molecule has 3 amide bonds. The lowest BCUT2D eigenvalue weighted by Crippen LogP contribution is -2.59. The number of benzene rings is 2. The SMILES string of the molecule is CCOc1ccc(NC(=O)[C@@H]2[C@H]3C(=O)N([C@@H](CO)Cc4ccccc4)C(C(=O)NC4CCCCC4)C34CC[C@@]2(C)O4)cc1. The molecular formula is C34H43N3O6. The molecule has 9 heteroatoms. The van der Waals surface area contributed by atoms with Gasteiger partial charge in [-0.3, -0.25) is 14.4 Å². The molecule has 3 N–H and O–H groups in total. The number of fused-ring (bicyclic) bond motifs is 1. The Morgan fingerprint density at radius 1 is 1.05 bits per heavy atom. The van der Waals surface area contributed by atoms with Gasteiger partial charge in [-0.25, -0.2) is 0 Å². The second kappa shape index (κ2) is 11.9. The minimum Gasteiger partial charge on any atom is -0.494 e. The summed E-state index contributed by atoms with van der Waals surface area (Å²) in [6.45, 7) is 4.04. The van der Waals surface area contributed by atoms with Gasteiger partial charge in [0.05, 0.1) is 36.7 Å². The van der Waals surface area contributed by atoms with Crippen molar-refractivity contribution in [2.45, 2.75) is 94.5 Å². The van der Waals surface area contributed by atoms with Crippen LogP contribution in [0.5, 0.6) is 5.75 Å². The van der Waals surface area contributed by atoms with E-state index in [2.05, 4.69) is 10.6 Å². The molecule has 1 spiro atoms. The molecule has 3 heterocycles. The molecule has 43 heavy (non-hydrogen) atoms. The lowest BCUT2D eigenvalue weighted by molar-refractivity contribution is -0.149. The molecular weight excluding hydrogens is 546 g/mol. The van der Waals surface area contributed by atoms with Crippen molar-refractivity contribution in [2.75, 3.05) is 18.5 Å². The van der Waals surface area contributed by atoms with Crippen molar-refractivity contribution in [3.63, 3.8) is 0 Å². The highest BCUT2D eigenvalue weighted by atomic mass is 16.5. The monoisotopic (exact) mass is 589 g/mol. The first kappa shape index (κ1) is 29.6. The van der Waals surface area contributed by atoms with E-state index in [9.17, 15) is 19.5 Å². The van der Waals surface area contributed by atoms with Crippen LogP contribution in [-0.2, 0) is 25.5 Å². The van der Waals surface area contributed by atoms with Gasteiger partial charge in [0.15, 0.2) is 0 Å². The Morgan fingerprint density at radius 3 is 2.44 bits per heavy atom. The van der Waals surface area contributed by atoms with Gasteiger partial charge in [-0.15, -0.1) is 0 Å². The van der Waals surface area contributed by atoms with E-state index in [0.29, 0.717) is 37.3 Å². The van der Waals surface area contributed by atoms with E-state index < -0.39 is 35.1 Å². The van der Waals surface area contributed by atoms with Gasteiger partial charge in [-0.1, -0.05) is 49.6 Å². The Balaban J connectivity index is 1.33. The first-order valence-electron chi connectivity index (χ1n) is 15.8. The van der Waals surface area contributed by atoms with Crippen LogP contribution in [0.3, 0.4) is 0 Å². The number of rotatable bonds is 10. The van der Waals surface area contributed by atoms with Crippen LogP contribution in [0, 0.1) is 11.8 Å². The normalized spacial score (nSPS) is 30.6. The average molecular weight is 590 g/mol. The number of nitrogens with zero attached hydrogens (tertiary/aromatic N) is 1. The third-order valence-corrected chi connectivity index (χ3v) is 10.0. The van der Waals surface area contributed by atoms with Crippen LogP contribution in [0.2, 0.25) is 0 Å². The van der Waals surface area contributed by atoms with Crippen molar-refractivity contribution < 1.29 is 29.0 Å². The van der Waals surface area contributed by atoms with Gasteiger partial charge in [0, 0.05) is 11.7 Å². The Hall–Kier alpha value is -3.43. The minimum absolute atomic E-state index is 0.0447. The Bertz CT molecular complexity index is 1330. The lowest BCUT2D eigenvalue weighted by Gasteiger charge is -2.38. The topological polar surface area (TPSA) is 117 Å². The van der Waals surface area contributed by atoms with Crippen molar-refractivity contribution in [1.29, 1.82) is 0 Å². The van der Waals surface area contributed by atoms with Crippen LogP contribution in [0.15, 0.2) is 54.6 Å². The standard InChI is InChI=1S/C34H43N3O6/c1-3-42-26-16-14-24(15-17-26)35-30(39)27-28-32(41)37(25(21-38)20-22-10-6-4-7-11-22)29(34(28)19-18-33(27,2)43-34)31(40)36-23-12-8-5-9-13-23/h4,6-7,10-11,14-17,23,25,27-29,38H,3,5,8-9,12-13,18-21H2,1-2H3,(H,35,39)(H,36,40)/t25-,27+,28+,29?,33-,34?/m1/s1. The number of amides is 3. The van der Waals surface area contributed by atoms with E-state index >= 15 is 0 Å². The van der Waals surface area contributed by atoms with Crippen LogP contribution in [-0.4, -0.2) is 70.3 Å². The maximum absolute atomic E-state index is 14.6. The van der Waals surface area contributed by atoms with E-state index in [-0.39, 0.29) is 30.4 Å². The number of carbonyl (C=O) groups excluding carboxylic acids is 3. The maximum atomic E-state index is 14.6. The van der Waals surface area contributed by atoms with Crippen LogP contribution in [0.1, 0.15) is 64.4 Å². The Labute approximate surface area is 253 Å². The van der Waals surface area contributed by atoms with E-state index in [1.165, 1.54) is 0 Å². The fraction of sp³-hybridized carbons (Fsp3) is 0.559. The van der Waals surface area contributed by atoms with Gasteiger partial charge in [0.25, 0.3) is 0 Å². The number of aliphatic hydroxyl groups is 1. The van der Waals surface area contributed by atoms with E-state index in [1.807, 2.05) is 44.2 Å². The fourth-order valence-corrected chi connectivity index (χ4v) is 8.14. The van der Waals surface area contributed by atoms with Crippen molar-refractivity contribution in [3.05, 3.63) is 60.2 Å². The third kappa shape index (κ3) is 5.31. The molecule has 230 valence electrons. The number of nitrogens with one attached hydrogen (secondary N) is 2. The molecule has 1 aliphatic carbocycles. The maximum Gasteiger partial charge on any atom is 0.246 e. The highest BCUT2D eigenvalue weighted by Crippen LogP contribution is 2.63. The summed E-state index contributed by atoms with van der Waals surface area (Å²) in [6, 6.07) is 15.3. The van der Waals surface area contributed by atoms with Gasteiger partial charge >= 0.3 is 0 Å². The quantitative estimate of drug-likeness (QED) is 0.388. The summed E-state index contributed by atoms with van der Waals surface area (Å²) in [5, 5.41) is 16.9. The van der Waals surface area contributed by atoms with E-state index in [1.54, 1.807) is 29.2 Å². The summed E-state index contributed by atoms with van der Waals surface area (Å²) in [6.07, 6.45) is 6.52. The number of hydrogen-bond donors (Lipinski definition) is 3. The third-order valence-electron chi connectivity index (χ3n) is 10.0. The molecule has 4 fully saturated rings. The highest BCUT2D eigenvalue weighted by molar-refractivity contribution is 6.02. The molecule has 9 nitrogen and oxygen atoms in total. The number of aliphatic hydroxyl groups excluding tert-OH is 1. The molecule has 2 bridgehead atoms. The summed E-state index contributed by atoms with van der Waals surface area (Å²) in [5.74, 6) is -1.76. The van der Waals surface area contributed by atoms with Gasteiger partial charge < -0.3 is 30.1 Å². The summed E-state index contributed by atoms with van der Waals surface area (Å²) in [7, 11) is 0. The molecule has 2 aromatic carbocycles. The molecule has 6 atom stereocenters. The summed E-state index contributed by atoms with van der Waals surface area (Å²) in [5.41, 5.74) is -0.480. The summed E-state index contributed by atoms with van der Waals surface area (Å²) in [4.78, 5) is 44.4. The molecule has 3 aliphatic heterocycles. The van der Waals surface area contributed by atoms with Crippen molar-refractivity contribution in [3.8, 4) is 5.75 Å². The number of hydrogen-bond acceptors (Lipinski definition) is 6. The molecule has 3 saturated heterocycles. The molecule has 2 unspecified atom stereocenters. The molecule has 2 aromatic rings. The second-order valence-electron chi connectivity index (χ2n) is 12.8. The molecule has 1 saturated carbocycles. The Kier molecular flexibility index (Phi) is 8.22. The predicted octanol–water partition coefficient (Wildman–Crippen LogP) is 3.84. The smallest absolute Gasteiger partial charge is 0.246 e. The molecule has 0 radical (unpaired) electrons. The van der Waals surface area contributed by atoms with Crippen LogP contribution < -0.4 is 15.4 Å². The van der Waals surface area contributed by atoms with Crippen LogP contribution >= 0.6 is 0 Å². The first-order chi connectivity index (χ1) is 20.8. The van der Waals surface area contributed by atoms with Gasteiger partial charge in [0.2, 0.25) is 17.7 Å². The van der Waals surface area contributed by atoms with Crippen LogP contribution in [0.4, 0.5) is 5.69 Å². The predicted molar refractivity (Wildman–Crippen MR) is 161 cm³/mol. The average Bonchev–Trinajstić information content (AvgIpc) is 3.58. The second-order valence-corrected chi connectivity index (χ2v) is 12.8. The van der Waals surface area contributed by atoms with E-state index in [0.717, 1.165) is 37.7 Å². The highest BCUT2D eigenvalue weighted by Gasteiger charge is 2.78. The largest absolute Gasteiger partial charge is 0.494 e. The van der Waals surface area contributed by atoms with E-state index in [4.69, 9.17) is 9.47 Å². The van der Waals surface area contributed by atoms with Crippen molar-refractivity contribution in [2.24, 2.45) is 11.8 Å². The zero-order valence-corrected chi connectivity index (χ0v) is 25.1. The van der Waals surface area contributed by atoms with Gasteiger partial charge in [-0.05, 0) is 75.8 Å². The number of ether oxygens (including phenoxy) is 2. The number of carbonyl (C=O) groups is 3. The van der Waals surface area contributed by atoms with Gasteiger partial charge in [0.1, 0.15) is 17.4 Å². The summed E-state index contributed by atoms with van der Waals surface area (Å²) < 4.78 is 12.3. The molecule has 4 aliphatic rings. The fourth-order valence-electron chi connectivity index (χ4n) is 8.14. The van der Waals surface area contributed by atoms with Crippen molar-refractivity contribution >= 4 is 23.4 Å². The number of likely N-dealkylation sites (tertiary alicyclic amines) is 1. The minimum atomic E-state index is -1.14. The summed E-state index contributed by atoms with van der Waals surface area (Å²) >= 11 is 0. The van der Waals surface area contributed by atoms with Gasteiger partial charge in [-0.2, -0.15) is 0 Å². The zero-order valence-electron chi connectivity index (χ0n) is 25.1. The zero-order chi connectivity index (χ0) is 30.2. The molecule has 0 aromatic heterocycles. The number of anilines is 1. The van der Waals surface area contributed by atoms with Crippen LogP contribution in [0.25, 0.3) is 0 Å².